The molecule has 11 amide bonds. The van der Waals surface area contributed by atoms with Crippen LogP contribution in [0, 0.1) is 35.5 Å². The minimum atomic E-state index is -5.89. The van der Waals surface area contributed by atoms with Crippen molar-refractivity contribution in [3.63, 3.8) is 0 Å². The monoisotopic (exact) mass is 1340 g/mol. The van der Waals surface area contributed by atoms with Gasteiger partial charge in [-0.05, 0) is 89.5 Å². The lowest BCUT2D eigenvalue weighted by Gasteiger charge is -2.34. The zero-order valence-corrected chi connectivity index (χ0v) is 54.2. The number of rotatable bonds is 25. The second kappa shape index (κ2) is 37.8. The van der Waals surface area contributed by atoms with E-state index >= 15 is 0 Å². The Kier molecular flexibility index (Phi) is 32.7. The second-order valence-corrected chi connectivity index (χ2v) is 24.8. The number of hydrogen-bond acceptors (Lipinski definition) is 19. The molecule has 0 bridgehead atoms. The van der Waals surface area contributed by atoms with Crippen molar-refractivity contribution >= 4 is 99.3 Å². The molecule has 0 aromatic heterocycles. The van der Waals surface area contributed by atoms with Gasteiger partial charge in [0.1, 0.15) is 54.4 Å². The first-order valence-electron chi connectivity index (χ1n) is 30.2. The lowest BCUT2D eigenvalue weighted by atomic mass is 9.97. The summed E-state index contributed by atoms with van der Waals surface area (Å²) < 4.78 is 37.9. The van der Waals surface area contributed by atoms with E-state index in [0.717, 1.165) is 37.7 Å². The Hall–Kier alpha value is -8.64. The molecular formula is C57H90N12O23S. The van der Waals surface area contributed by atoms with Crippen molar-refractivity contribution in [2.24, 2.45) is 41.2 Å². The summed E-state index contributed by atoms with van der Waals surface area (Å²) in [6, 6.07) is -19.7. The Morgan fingerprint density at radius 2 is 1.27 bits per heavy atom. The average Bonchev–Trinajstić information content (AvgIpc) is 1.79. The van der Waals surface area contributed by atoms with Gasteiger partial charge in [-0.2, -0.15) is 8.42 Å². The molecule has 0 aromatic rings. The number of amides is 11. The van der Waals surface area contributed by atoms with Crippen LogP contribution in [0.4, 0.5) is 0 Å². The fourth-order valence-corrected chi connectivity index (χ4v) is 10.1. The standard InChI is InChI=1S/C57H90N12O23S/c1-11-28(6)18-14-12-13-15-20-36(70)63-41(30(8)55(83)84)51(79)67-43-32(10)60-48(76)35-22-29(7)25-69(35)54(82)40(27(4)5)66-50(78)42(31(9)56(85)86)64-37(71)24-59-46(74)34(23-38(72)73)62-53(81)44(45(57(87)88)92-93(89,90)91)68-47(75)33(19-16-17-21-58)61-49(77)39(26(2)3)65-52(43)80/h12-13,15,20,26-35,39-45H,11,14,16-19,21-25,58H2,1-10H3,(H,59,74)(H,60,76)(H,61,77)(H,62,81)(H,63,70)(H,64,71)(H,65,80)(H,66,78)(H,67,79)(H,68,75)(H,72,73)(H,83,84)(H,85,86)(H,87,88)(H,89,90,91)/b13-12-,20-15+/t28?,29-,30?,31?,32?,33+,34+,35+,39-,40+,41+,42-,43+,44+,45?/m1/s1. The number of hydrogen-bond donors (Lipinski definition) is 16. The molecule has 0 radical (unpaired) electrons. The molecule has 0 aliphatic carbocycles. The van der Waals surface area contributed by atoms with Gasteiger partial charge >= 0.3 is 34.3 Å². The lowest BCUT2D eigenvalue weighted by molar-refractivity contribution is -0.151. The normalized spacial score (nSPS) is 25.7. The maximum atomic E-state index is 14.9. The highest BCUT2D eigenvalue weighted by atomic mass is 32.3. The summed E-state index contributed by atoms with van der Waals surface area (Å²) in [7, 11) is -5.89. The highest BCUT2D eigenvalue weighted by Gasteiger charge is 2.46. The smallest absolute Gasteiger partial charge is 0.398 e. The summed E-state index contributed by atoms with van der Waals surface area (Å²) in [6.07, 6.45) is 3.17. The fraction of sp³-hybridized carbons (Fsp3) is 0.667. The quantitative estimate of drug-likeness (QED) is 0.0181. The third-order valence-electron chi connectivity index (χ3n) is 15.4. The molecule has 2 aliphatic rings. The van der Waals surface area contributed by atoms with E-state index in [4.69, 9.17) is 5.73 Å². The van der Waals surface area contributed by atoms with Crippen LogP contribution in [0.15, 0.2) is 24.3 Å². The number of carboxylic acids is 4. The third kappa shape index (κ3) is 26.1. The minimum absolute atomic E-state index is 0.0236. The van der Waals surface area contributed by atoms with Crippen LogP contribution >= 0.6 is 0 Å². The van der Waals surface area contributed by atoms with Crippen LogP contribution in [-0.2, 0) is 86.5 Å². The predicted octanol–water partition coefficient (Wildman–Crippen LogP) is -3.70. The van der Waals surface area contributed by atoms with Crippen molar-refractivity contribution in [3.05, 3.63) is 24.3 Å². The number of aliphatic carboxylic acids is 4. The topological polar surface area (TPSA) is 550 Å². The van der Waals surface area contributed by atoms with Crippen molar-refractivity contribution in [2.75, 3.05) is 19.6 Å². The van der Waals surface area contributed by atoms with Gasteiger partial charge in [0.25, 0.3) is 0 Å². The average molecular weight is 1340 g/mol. The van der Waals surface area contributed by atoms with Crippen molar-refractivity contribution < 1.29 is 109 Å². The van der Waals surface area contributed by atoms with Gasteiger partial charge in [0, 0.05) is 12.6 Å². The summed E-state index contributed by atoms with van der Waals surface area (Å²) in [5.74, 6) is -27.3. The Bertz CT molecular complexity index is 2930. The maximum Gasteiger partial charge on any atom is 0.398 e. The lowest BCUT2D eigenvalue weighted by Crippen LogP contribution is -2.66. The highest BCUT2D eigenvalue weighted by Crippen LogP contribution is 2.26. The zero-order valence-electron chi connectivity index (χ0n) is 53.4. The molecular weight excluding hydrogens is 1250 g/mol. The summed E-state index contributed by atoms with van der Waals surface area (Å²) in [6.45, 7) is 13.4. The SMILES string of the molecule is CCC(C)CC/C=C\C=C\C(=O)N[C@H](C(=O)N[C@@H]1C(=O)N[C@H](C(C)C)C(=O)N[C@@H](CCCCN)C(=O)N[C@@H](C(OS(=O)(=O)O)C(=O)O)C(=O)N[C@@H](CC(=O)O)C(=O)NCC(=O)N[C@H](C(C)C(=O)O)C(=O)N[C@@H](C(C)C)C(=O)N2C[C@H](C)C[C@H]2C(=O)NC1C)C(C)C(=O)O. The molecule has 2 heterocycles. The van der Waals surface area contributed by atoms with Crippen molar-refractivity contribution in [3.8, 4) is 0 Å². The number of nitrogens with two attached hydrogens (primary N) is 1. The van der Waals surface area contributed by atoms with Crippen molar-refractivity contribution in [2.45, 2.75) is 187 Å². The van der Waals surface area contributed by atoms with Gasteiger partial charge in [0.2, 0.25) is 71.1 Å². The molecule has 0 aromatic carbocycles. The zero-order chi connectivity index (χ0) is 70.9. The summed E-state index contributed by atoms with van der Waals surface area (Å²) >= 11 is 0. The molecule has 0 spiro atoms. The highest BCUT2D eigenvalue weighted by molar-refractivity contribution is 7.80. The number of allylic oxidation sites excluding steroid dienone is 3. The van der Waals surface area contributed by atoms with Gasteiger partial charge in [-0.15, -0.1) is 0 Å². The van der Waals surface area contributed by atoms with Crippen molar-refractivity contribution in [1.29, 1.82) is 0 Å². The Morgan fingerprint density at radius 1 is 0.688 bits per heavy atom. The summed E-state index contributed by atoms with van der Waals surface area (Å²) in [5, 5.41) is 62.3. The first-order valence-corrected chi connectivity index (χ1v) is 31.5. The number of fused-ring (bicyclic) bond motifs is 1. The van der Waals surface area contributed by atoms with Gasteiger partial charge in [-0.1, -0.05) is 73.1 Å². The molecule has 36 heteroatoms. The molecule has 2 aliphatic heterocycles. The van der Waals surface area contributed by atoms with Gasteiger partial charge in [0.15, 0.2) is 0 Å². The van der Waals surface area contributed by atoms with E-state index in [1.807, 2.05) is 17.6 Å². The molecule has 2 fully saturated rings. The molecule has 93 heavy (non-hydrogen) atoms. The number of carbonyl (C=O) groups is 15. The van der Waals surface area contributed by atoms with Crippen LogP contribution in [0.3, 0.4) is 0 Å². The van der Waals surface area contributed by atoms with Crippen LogP contribution in [0.2, 0.25) is 0 Å². The number of unbranched alkanes of at least 4 members (excludes halogenated alkanes) is 1. The van der Waals surface area contributed by atoms with Gasteiger partial charge in [-0.25, -0.2) is 8.98 Å². The Balaban J connectivity index is 3.04. The molecule has 2 rings (SSSR count). The molecule has 35 nitrogen and oxygen atoms in total. The molecule has 15 atom stereocenters. The van der Waals surface area contributed by atoms with Gasteiger partial charge in [-0.3, -0.25) is 71.7 Å². The van der Waals surface area contributed by atoms with Gasteiger partial charge in [0.05, 0.1) is 30.8 Å². The van der Waals surface area contributed by atoms with Crippen molar-refractivity contribution in [1.82, 2.24) is 58.1 Å². The summed E-state index contributed by atoms with van der Waals surface area (Å²) in [4.78, 5) is 207. The van der Waals surface area contributed by atoms with E-state index in [0.29, 0.717) is 12.3 Å². The Labute approximate surface area is 537 Å². The van der Waals surface area contributed by atoms with Crippen LogP contribution in [0.5, 0.6) is 0 Å². The van der Waals surface area contributed by atoms with E-state index in [9.17, 15) is 105 Å². The van der Waals surface area contributed by atoms with Crippen LogP contribution in [0.25, 0.3) is 0 Å². The van der Waals surface area contributed by atoms with Gasteiger partial charge < -0.3 is 84.2 Å². The molecule has 522 valence electrons. The first-order chi connectivity index (χ1) is 43.3. The minimum Gasteiger partial charge on any atom is -0.481 e. The molecule has 17 N–H and O–H groups in total. The van der Waals surface area contributed by atoms with E-state index < -0.39 is 215 Å². The first kappa shape index (κ1) is 80.5. The predicted molar refractivity (Wildman–Crippen MR) is 325 cm³/mol. The van der Waals surface area contributed by atoms with Crippen LogP contribution in [0.1, 0.15) is 121 Å². The van der Waals surface area contributed by atoms with E-state index in [1.165, 1.54) is 40.7 Å². The Morgan fingerprint density at radius 3 is 1.82 bits per heavy atom. The van der Waals surface area contributed by atoms with Crippen LogP contribution in [-0.4, -0.2) is 213 Å². The largest absolute Gasteiger partial charge is 0.481 e. The van der Waals surface area contributed by atoms with E-state index in [-0.39, 0.29) is 32.4 Å². The number of nitrogens with one attached hydrogen (secondary N) is 10. The fourth-order valence-electron chi connectivity index (χ4n) is 9.63. The molecule has 2 saturated heterocycles. The molecule has 0 saturated carbocycles. The molecule has 5 unspecified atom stereocenters. The number of carbonyl (C=O) groups excluding carboxylic acids is 11. The van der Waals surface area contributed by atoms with E-state index in [1.54, 1.807) is 24.4 Å². The number of carboxylic acid groups (broad SMARTS) is 4. The maximum absolute atomic E-state index is 14.9. The van der Waals surface area contributed by atoms with E-state index in [2.05, 4.69) is 48.3 Å². The second-order valence-electron chi connectivity index (χ2n) is 23.7. The summed E-state index contributed by atoms with van der Waals surface area (Å²) in [5.41, 5.74) is 5.69. The third-order valence-corrected chi connectivity index (χ3v) is 15.8. The number of nitrogens with zero attached hydrogens (tertiary/aromatic N) is 1. The van der Waals surface area contributed by atoms with Crippen LogP contribution < -0.4 is 58.9 Å².